The minimum atomic E-state index is 0.453. The molecule has 1 aromatic carbocycles. The number of benzene rings is 1. The van der Waals surface area contributed by atoms with E-state index in [0.29, 0.717) is 11.6 Å². The highest BCUT2D eigenvalue weighted by Gasteiger charge is 2.25. The molecule has 1 N–H and O–H groups in total. The van der Waals surface area contributed by atoms with Crippen LogP contribution < -0.4 is 5.32 Å². The summed E-state index contributed by atoms with van der Waals surface area (Å²) in [6.07, 6.45) is 5.28. The fourth-order valence-corrected chi connectivity index (χ4v) is 3.26. The molecule has 1 fully saturated rings. The second-order valence-electron chi connectivity index (χ2n) is 6.28. The van der Waals surface area contributed by atoms with Crippen LogP contribution >= 0.6 is 0 Å². The van der Waals surface area contributed by atoms with Gasteiger partial charge in [0.05, 0.1) is 16.8 Å². The molecule has 1 aliphatic carbocycles. The molecule has 3 nitrogen and oxygen atoms in total. The van der Waals surface area contributed by atoms with Crippen LogP contribution in [0.5, 0.6) is 0 Å². The van der Waals surface area contributed by atoms with Gasteiger partial charge in [-0.25, -0.2) is 0 Å². The van der Waals surface area contributed by atoms with E-state index in [1.165, 1.54) is 19.3 Å². The van der Waals surface area contributed by atoms with Gasteiger partial charge in [0.1, 0.15) is 6.07 Å². The summed E-state index contributed by atoms with van der Waals surface area (Å²) in [5.41, 5.74) is 2.53. The maximum atomic E-state index is 9.37. The number of hydrogen-bond acceptors (Lipinski definition) is 3. The van der Waals surface area contributed by atoms with Crippen molar-refractivity contribution in [2.45, 2.75) is 39.2 Å². The molecule has 0 spiro atoms. The highest BCUT2D eigenvalue weighted by Crippen LogP contribution is 2.33. The van der Waals surface area contributed by atoms with Crippen LogP contribution in [-0.2, 0) is 0 Å². The topological polar surface area (TPSA) is 48.7 Å². The third-order valence-electron chi connectivity index (χ3n) is 4.84. The van der Waals surface area contributed by atoms with Crippen LogP contribution in [0.25, 0.3) is 10.9 Å². The van der Waals surface area contributed by atoms with E-state index >= 15 is 0 Å². The Kier molecular flexibility index (Phi) is 3.79. The molecule has 21 heavy (non-hydrogen) atoms. The Hall–Kier alpha value is -2.08. The van der Waals surface area contributed by atoms with Crippen LogP contribution in [0.4, 0.5) is 5.69 Å². The molecule has 0 bridgehead atoms. The van der Waals surface area contributed by atoms with Crippen molar-refractivity contribution >= 4 is 16.6 Å². The Bertz CT molecular complexity index is 686. The Labute approximate surface area is 126 Å². The zero-order chi connectivity index (χ0) is 14.8. The molecule has 0 radical (unpaired) electrons. The van der Waals surface area contributed by atoms with Gasteiger partial charge in [-0.3, -0.25) is 4.98 Å². The molecular weight excluding hydrogens is 258 g/mol. The molecule has 108 valence electrons. The quantitative estimate of drug-likeness (QED) is 0.889. The first kappa shape index (κ1) is 13.9. The van der Waals surface area contributed by atoms with Gasteiger partial charge in [-0.05, 0) is 37.2 Å². The van der Waals surface area contributed by atoms with Crippen LogP contribution in [0.1, 0.15) is 38.7 Å². The summed E-state index contributed by atoms with van der Waals surface area (Å²) < 4.78 is 0. The Morgan fingerprint density at radius 1 is 1.19 bits per heavy atom. The van der Waals surface area contributed by atoms with Gasteiger partial charge >= 0.3 is 0 Å². The molecule has 1 saturated carbocycles. The molecule has 1 aromatic heterocycles. The van der Waals surface area contributed by atoms with Crippen molar-refractivity contribution in [3.8, 4) is 6.07 Å². The number of pyridine rings is 1. The van der Waals surface area contributed by atoms with Crippen molar-refractivity contribution in [3.05, 3.63) is 36.0 Å². The predicted molar refractivity (Wildman–Crippen MR) is 86.0 cm³/mol. The van der Waals surface area contributed by atoms with Gasteiger partial charge in [0, 0.05) is 17.6 Å². The van der Waals surface area contributed by atoms with E-state index in [1.807, 2.05) is 24.3 Å². The summed E-state index contributed by atoms with van der Waals surface area (Å²) >= 11 is 0. The summed E-state index contributed by atoms with van der Waals surface area (Å²) in [5.74, 6) is 1.53. The second kappa shape index (κ2) is 5.73. The summed E-state index contributed by atoms with van der Waals surface area (Å²) in [5, 5.41) is 14.0. The first-order valence-corrected chi connectivity index (χ1v) is 7.73. The van der Waals surface area contributed by atoms with E-state index in [1.54, 1.807) is 6.20 Å². The summed E-state index contributed by atoms with van der Waals surface area (Å²) in [4.78, 5) is 4.37. The number of rotatable bonds is 2. The van der Waals surface area contributed by atoms with Gasteiger partial charge < -0.3 is 5.32 Å². The van der Waals surface area contributed by atoms with Gasteiger partial charge in [0.15, 0.2) is 0 Å². The van der Waals surface area contributed by atoms with Gasteiger partial charge in [0.2, 0.25) is 0 Å². The van der Waals surface area contributed by atoms with Crippen molar-refractivity contribution in [1.82, 2.24) is 4.98 Å². The van der Waals surface area contributed by atoms with E-state index in [-0.39, 0.29) is 0 Å². The average Bonchev–Trinajstić information content (AvgIpc) is 2.51. The predicted octanol–water partition coefficient (Wildman–Crippen LogP) is 4.34. The lowest BCUT2D eigenvalue weighted by Crippen LogP contribution is -2.30. The molecule has 0 aliphatic heterocycles. The molecule has 0 saturated heterocycles. The average molecular weight is 279 g/mol. The van der Waals surface area contributed by atoms with Crippen molar-refractivity contribution in [2.24, 2.45) is 11.8 Å². The lowest BCUT2D eigenvalue weighted by Gasteiger charge is -2.33. The number of nitrogens with one attached hydrogen (secondary N) is 1. The monoisotopic (exact) mass is 279 g/mol. The smallest absolute Gasteiger partial charge is 0.103 e. The third-order valence-corrected chi connectivity index (χ3v) is 4.84. The van der Waals surface area contributed by atoms with Crippen molar-refractivity contribution in [2.75, 3.05) is 5.32 Å². The Balaban J connectivity index is 1.94. The van der Waals surface area contributed by atoms with Crippen LogP contribution in [0.2, 0.25) is 0 Å². The maximum Gasteiger partial charge on any atom is 0.103 e. The first-order valence-electron chi connectivity index (χ1n) is 7.73. The molecule has 3 atom stereocenters. The fourth-order valence-electron chi connectivity index (χ4n) is 3.26. The third kappa shape index (κ3) is 2.71. The highest BCUT2D eigenvalue weighted by atomic mass is 14.9. The first-order chi connectivity index (χ1) is 10.2. The van der Waals surface area contributed by atoms with Crippen molar-refractivity contribution in [1.29, 1.82) is 5.26 Å². The summed E-state index contributed by atoms with van der Waals surface area (Å²) in [7, 11) is 0. The van der Waals surface area contributed by atoms with E-state index < -0.39 is 0 Å². The number of fused-ring (bicyclic) bond motifs is 1. The number of nitriles is 1. The lowest BCUT2D eigenvalue weighted by molar-refractivity contribution is 0.261. The summed E-state index contributed by atoms with van der Waals surface area (Å²) in [6.45, 7) is 4.66. The van der Waals surface area contributed by atoms with Crippen LogP contribution in [-0.4, -0.2) is 11.0 Å². The molecule has 1 aliphatic rings. The SMILES string of the molecule is CC1CCC(Nc2c(C#N)cnc3ccccc23)CC1C. The standard InChI is InChI=1S/C18H21N3/c1-12-7-8-15(9-13(12)2)21-18-14(10-19)11-20-17-6-4-3-5-16(17)18/h3-6,11-13,15H,7-9H2,1-2H3,(H,20,21). The van der Waals surface area contributed by atoms with Gasteiger partial charge in [-0.15, -0.1) is 0 Å². The van der Waals surface area contributed by atoms with Crippen molar-refractivity contribution < 1.29 is 0 Å². The molecule has 3 heteroatoms. The molecule has 3 rings (SSSR count). The Morgan fingerprint density at radius 3 is 2.76 bits per heavy atom. The molecule has 1 heterocycles. The van der Waals surface area contributed by atoms with Gasteiger partial charge in [0.25, 0.3) is 0 Å². The Morgan fingerprint density at radius 2 is 2.00 bits per heavy atom. The number of hydrogen-bond donors (Lipinski definition) is 1. The van der Waals surface area contributed by atoms with Crippen LogP contribution in [0, 0.1) is 23.2 Å². The minimum Gasteiger partial charge on any atom is -0.381 e. The fraction of sp³-hybridized carbons (Fsp3) is 0.444. The zero-order valence-corrected chi connectivity index (χ0v) is 12.6. The van der Waals surface area contributed by atoms with Gasteiger partial charge in [-0.1, -0.05) is 32.0 Å². The summed E-state index contributed by atoms with van der Waals surface area (Å²) in [6, 6.07) is 10.7. The lowest BCUT2D eigenvalue weighted by atomic mass is 9.79. The van der Waals surface area contributed by atoms with Crippen LogP contribution in [0.15, 0.2) is 30.5 Å². The van der Waals surface area contributed by atoms with Crippen LogP contribution in [0.3, 0.4) is 0 Å². The molecule has 2 aromatic rings. The second-order valence-corrected chi connectivity index (χ2v) is 6.28. The number of para-hydroxylation sites is 1. The number of anilines is 1. The molecule has 0 amide bonds. The maximum absolute atomic E-state index is 9.37. The highest BCUT2D eigenvalue weighted by molar-refractivity contribution is 5.93. The number of aromatic nitrogens is 1. The van der Waals surface area contributed by atoms with E-state index in [4.69, 9.17) is 0 Å². The molecule has 3 unspecified atom stereocenters. The van der Waals surface area contributed by atoms with E-state index in [0.717, 1.165) is 28.4 Å². The normalized spacial score (nSPS) is 25.5. The minimum absolute atomic E-state index is 0.453. The zero-order valence-electron chi connectivity index (χ0n) is 12.6. The van der Waals surface area contributed by atoms with Crippen molar-refractivity contribution in [3.63, 3.8) is 0 Å². The number of nitrogens with zero attached hydrogens (tertiary/aromatic N) is 2. The van der Waals surface area contributed by atoms with Gasteiger partial charge in [-0.2, -0.15) is 5.26 Å². The largest absolute Gasteiger partial charge is 0.381 e. The molecular formula is C18H21N3. The van der Waals surface area contributed by atoms with E-state index in [2.05, 4.69) is 30.2 Å². The van der Waals surface area contributed by atoms with E-state index in [9.17, 15) is 5.26 Å².